The Bertz CT molecular complexity index is 1390. The van der Waals surface area contributed by atoms with Crippen LogP contribution in [0.1, 0.15) is 45.0 Å². The minimum Gasteiger partial charge on any atom is -0.488 e. The Hall–Kier alpha value is -3.20. The number of aryl methyl sites for hydroxylation is 1. The first kappa shape index (κ1) is 29.8. The van der Waals surface area contributed by atoms with Crippen molar-refractivity contribution in [3.8, 4) is 5.75 Å². The van der Waals surface area contributed by atoms with Crippen molar-refractivity contribution in [2.45, 2.75) is 58.7 Å². The van der Waals surface area contributed by atoms with E-state index in [0.717, 1.165) is 85.5 Å². The van der Waals surface area contributed by atoms with E-state index in [4.69, 9.17) is 20.2 Å². The van der Waals surface area contributed by atoms with Crippen molar-refractivity contribution < 1.29 is 9.47 Å². The van der Waals surface area contributed by atoms with Crippen LogP contribution in [-0.4, -0.2) is 77.4 Å². The summed E-state index contributed by atoms with van der Waals surface area (Å²) >= 11 is 0. The minimum absolute atomic E-state index is 0.213. The average molecular weight is 547 g/mol. The number of aromatic nitrogens is 3. The molecule has 8 heteroatoms. The molecule has 0 saturated carbocycles. The molecule has 0 bridgehead atoms. The SMILES string of the molecule is COCCc1nc2c(N)nc3ccccc3c2n1CCCCN(CCN(C)C)Cc1cccc(OC(C)(C)C)c1. The second-order valence-electron chi connectivity index (χ2n) is 11.8. The summed E-state index contributed by atoms with van der Waals surface area (Å²) in [6.45, 7) is 11.7. The van der Waals surface area contributed by atoms with E-state index in [0.29, 0.717) is 12.4 Å². The van der Waals surface area contributed by atoms with Gasteiger partial charge < -0.3 is 24.7 Å². The highest BCUT2D eigenvalue weighted by atomic mass is 16.5. The third-order valence-electron chi connectivity index (χ3n) is 6.92. The van der Waals surface area contributed by atoms with Crippen LogP contribution in [0.5, 0.6) is 5.75 Å². The maximum atomic E-state index is 6.37. The van der Waals surface area contributed by atoms with Crippen molar-refractivity contribution in [3.05, 3.63) is 59.9 Å². The molecule has 0 fully saturated rings. The number of rotatable bonds is 14. The first-order chi connectivity index (χ1) is 19.1. The standard InChI is InChI=1S/C32H46N6O2/c1-32(2,3)40-25-13-11-12-24(22-25)23-37(20-19-36(4)5)17-9-10-18-38-28(16-21-39-6)35-29-30(38)26-14-7-8-15-27(26)34-31(29)33/h7-8,11-15,22H,9-10,16-21,23H2,1-6H3,(H2,33,34). The van der Waals surface area contributed by atoms with Gasteiger partial charge in [0.05, 0.1) is 17.6 Å². The summed E-state index contributed by atoms with van der Waals surface area (Å²) in [6, 6.07) is 16.7. The Morgan fingerprint density at radius 3 is 2.50 bits per heavy atom. The van der Waals surface area contributed by atoms with E-state index in [1.54, 1.807) is 7.11 Å². The summed E-state index contributed by atoms with van der Waals surface area (Å²) in [4.78, 5) is 14.3. The highest BCUT2D eigenvalue weighted by Crippen LogP contribution is 2.29. The van der Waals surface area contributed by atoms with Crippen molar-refractivity contribution in [2.75, 3.05) is 53.2 Å². The number of benzene rings is 2. The lowest BCUT2D eigenvalue weighted by Crippen LogP contribution is -2.32. The number of nitrogens with zero attached hydrogens (tertiary/aromatic N) is 5. The molecule has 0 saturated heterocycles. The average Bonchev–Trinajstić information content (AvgIpc) is 3.26. The van der Waals surface area contributed by atoms with Crippen LogP contribution in [0.25, 0.3) is 21.9 Å². The molecule has 0 radical (unpaired) electrons. The molecule has 4 rings (SSSR count). The van der Waals surface area contributed by atoms with Crippen LogP contribution in [0.3, 0.4) is 0 Å². The van der Waals surface area contributed by atoms with Gasteiger partial charge in [-0.1, -0.05) is 30.3 Å². The second kappa shape index (κ2) is 13.4. The molecule has 4 aromatic rings. The molecule has 2 heterocycles. The second-order valence-corrected chi connectivity index (χ2v) is 11.8. The third-order valence-corrected chi connectivity index (χ3v) is 6.92. The number of imidazole rings is 1. The number of nitrogens with two attached hydrogens (primary N) is 1. The normalized spacial score (nSPS) is 12.3. The Labute approximate surface area is 239 Å². The quantitative estimate of drug-likeness (QED) is 0.213. The van der Waals surface area contributed by atoms with Gasteiger partial charge in [-0.3, -0.25) is 4.90 Å². The monoisotopic (exact) mass is 546 g/mol. The largest absolute Gasteiger partial charge is 0.488 e. The van der Waals surface area contributed by atoms with Crippen molar-refractivity contribution >= 4 is 27.8 Å². The molecule has 40 heavy (non-hydrogen) atoms. The minimum atomic E-state index is -0.213. The van der Waals surface area contributed by atoms with Crippen LogP contribution in [0.15, 0.2) is 48.5 Å². The number of hydrogen-bond donors (Lipinski definition) is 1. The van der Waals surface area contributed by atoms with Crippen molar-refractivity contribution in [3.63, 3.8) is 0 Å². The molecule has 2 aromatic carbocycles. The number of anilines is 1. The van der Waals surface area contributed by atoms with Gasteiger partial charge in [0.2, 0.25) is 0 Å². The first-order valence-corrected chi connectivity index (χ1v) is 14.3. The highest BCUT2D eigenvalue weighted by Gasteiger charge is 2.18. The zero-order chi connectivity index (χ0) is 28.7. The smallest absolute Gasteiger partial charge is 0.152 e. The number of ether oxygens (including phenoxy) is 2. The Kier molecular flexibility index (Phi) is 10.0. The summed E-state index contributed by atoms with van der Waals surface area (Å²) in [6.07, 6.45) is 2.85. The van der Waals surface area contributed by atoms with Crippen molar-refractivity contribution in [1.82, 2.24) is 24.3 Å². The van der Waals surface area contributed by atoms with Crippen LogP contribution in [-0.2, 0) is 24.2 Å². The van der Waals surface area contributed by atoms with Crippen molar-refractivity contribution in [2.24, 2.45) is 0 Å². The van der Waals surface area contributed by atoms with Gasteiger partial charge in [-0.15, -0.1) is 0 Å². The zero-order valence-corrected chi connectivity index (χ0v) is 25.1. The molecular weight excluding hydrogens is 500 g/mol. The lowest BCUT2D eigenvalue weighted by atomic mass is 10.1. The molecule has 2 N–H and O–H groups in total. The number of fused-ring (bicyclic) bond motifs is 3. The maximum absolute atomic E-state index is 6.37. The van der Waals surface area contributed by atoms with Gasteiger partial charge in [-0.2, -0.15) is 0 Å². The van der Waals surface area contributed by atoms with E-state index in [-0.39, 0.29) is 5.60 Å². The number of para-hydroxylation sites is 1. The molecule has 0 aliphatic carbocycles. The van der Waals surface area contributed by atoms with Crippen LogP contribution >= 0.6 is 0 Å². The number of nitrogen functional groups attached to an aromatic ring is 1. The number of methoxy groups -OCH3 is 1. The Morgan fingerprint density at radius 1 is 0.950 bits per heavy atom. The third kappa shape index (κ3) is 7.93. The van der Waals surface area contributed by atoms with Gasteiger partial charge in [0.25, 0.3) is 0 Å². The van der Waals surface area contributed by atoms with E-state index in [2.05, 4.69) is 84.5 Å². The van der Waals surface area contributed by atoms with E-state index in [9.17, 15) is 0 Å². The maximum Gasteiger partial charge on any atom is 0.152 e. The van der Waals surface area contributed by atoms with E-state index in [1.165, 1.54) is 5.56 Å². The van der Waals surface area contributed by atoms with E-state index >= 15 is 0 Å². The topological polar surface area (TPSA) is 81.7 Å². The van der Waals surface area contributed by atoms with Crippen molar-refractivity contribution in [1.29, 1.82) is 0 Å². The molecule has 8 nitrogen and oxygen atoms in total. The predicted octanol–water partition coefficient (Wildman–Crippen LogP) is 5.38. The highest BCUT2D eigenvalue weighted by molar-refractivity contribution is 6.06. The number of hydrogen-bond acceptors (Lipinski definition) is 7. The summed E-state index contributed by atoms with van der Waals surface area (Å²) in [5, 5.41) is 1.09. The zero-order valence-electron chi connectivity index (χ0n) is 25.1. The van der Waals surface area contributed by atoms with E-state index in [1.807, 2.05) is 18.2 Å². The molecule has 0 unspecified atom stereocenters. The van der Waals surface area contributed by atoms with Gasteiger partial charge >= 0.3 is 0 Å². The molecule has 2 aromatic heterocycles. The molecule has 0 aliphatic heterocycles. The Balaban J connectivity index is 1.49. The van der Waals surface area contributed by atoms with Crippen LogP contribution in [0.4, 0.5) is 5.82 Å². The lowest BCUT2D eigenvalue weighted by molar-refractivity contribution is 0.130. The molecule has 216 valence electrons. The lowest BCUT2D eigenvalue weighted by Gasteiger charge is -2.25. The fourth-order valence-electron chi connectivity index (χ4n) is 5.07. The number of likely N-dealkylation sites (N-methyl/N-ethyl adjacent to an activating group) is 1. The van der Waals surface area contributed by atoms with Crippen LogP contribution < -0.4 is 10.5 Å². The Morgan fingerprint density at radius 2 is 1.75 bits per heavy atom. The van der Waals surface area contributed by atoms with Gasteiger partial charge in [-0.25, -0.2) is 9.97 Å². The van der Waals surface area contributed by atoms with Crippen LogP contribution in [0, 0.1) is 0 Å². The first-order valence-electron chi connectivity index (χ1n) is 14.3. The molecule has 0 spiro atoms. The van der Waals surface area contributed by atoms with Crippen LogP contribution in [0.2, 0.25) is 0 Å². The van der Waals surface area contributed by atoms with Gasteiger partial charge in [-0.05, 0) is 78.0 Å². The predicted molar refractivity (Wildman–Crippen MR) is 165 cm³/mol. The molecule has 0 amide bonds. The summed E-state index contributed by atoms with van der Waals surface area (Å²) in [5.74, 6) is 2.41. The van der Waals surface area contributed by atoms with Gasteiger partial charge in [0.15, 0.2) is 5.82 Å². The molecule has 0 atom stereocenters. The van der Waals surface area contributed by atoms with Gasteiger partial charge in [0.1, 0.15) is 22.7 Å². The fraction of sp³-hybridized carbons (Fsp3) is 0.500. The van der Waals surface area contributed by atoms with E-state index < -0.39 is 0 Å². The van der Waals surface area contributed by atoms with Gasteiger partial charge in [0, 0.05) is 45.1 Å². The fourth-order valence-corrected chi connectivity index (χ4v) is 5.07. The number of unbranched alkanes of at least 4 members (excludes halogenated alkanes) is 1. The molecular formula is C32H46N6O2. The molecule has 0 aliphatic rings. The summed E-state index contributed by atoms with van der Waals surface area (Å²) < 4.78 is 13.8. The number of pyridine rings is 1. The summed E-state index contributed by atoms with van der Waals surface area (Å²) in [7, 11) is 5.99. The summed E-state index contributed by atoms with van der Waals surface area (Å²) in [5.41, 5.74) is 10.2.